The summed E-state index contributed by atoms with van der Waals surface area (Å²) in [6, 6.07) is 2.04. The Bertz CT molecular complexity index is 818. The van der Waals surface area contributed by atoms with E-state index in [0.717, 1.165) is 19.2 Å². The van der Waals surface area contributed by atoms with Crippen LogP contribution in [0.25, 0.3) is 11.3 Å². The lowest BCUT2D eigenvalue weighted by Gasteiger charge is -2.13. The number of rotatable bonds is 3. The maximum absolute atomic E-state index is 14.4. The minimum atomic E-state index is -1.16. The fourth-order valence-corrected chi connectivity index (χ4v) is 2.16. The quantitative estimate of drug-likeness (QED) is 0.810. The Morgan fingerprint density at radius 1 is 1.25 bits per heavy atom. The summed E-state index contributed by atoms with van der Waals surface area (Å²) >= 11 is 11.6. The van der Waals surface area contributed by atoms with Gasteiger partial charge in [0, 0.05) is 5.56 Å². The van der Waals surface area contributed by atoms with Gasteiger partial charge in [0.15, 0.2) is 5.82 Å². The third kappa shape index (κ3) is 3.29. The van der Waals surface area contributed by atoms with Gasteiger partial charge in [-0.15, -0.1) is 0 Å². The Hall–Kier alpha value is -2.32. The van der Waals surface area contributed by atoms with Gasteiger partial charge in [-0.3, -0.25) is 0 Å². The molecule has 0 fully saturated rings. The molecule has 0 atom stereocenters. The lowest BCUT2D eigenvalue weighted by molar-refractivity contribution is 0.119. The third-order valence-corrected chi connectivity index (χ3v) is 3.59. The molecule has 0 bridgehead atoms. The lowest BCUT2D eigenvalue weighted by atomic mass is 10.1. The fourth-order valence-electron chi connectivity index (χ4n) is 1.77. The number of methoxy groups -OCH3 is 2. The van der Waals surface area contributed by atoms with Gasteiger partial charge in [0.1, 0.15) is 22.3 Å². The molecule has 1 heterocycles. The standard InChI is InChI=1S/C14H10Cl2F2N2O4/c1-22-8-3-5(7(17)4-6(8)15)12-10(18)11(19)9(16)13(20-12)24-14(21)23-2/h3-4H,1-2H3,(H2,19,20). The van der Waals surface area contributed by atoms with Crippen molar-refractivity contribution < 1.29 is 27.8 Å². The van der Waals surface area contributed by atoms with Crippen molar-refractivity contribution in [2.45, 2.75) is 0 Å². The van der Waals surface area contributed by atoms with Gasteiger partial charge in [0.05, 0.1) is 24.9 Å². The first-order chi connectivity index (χ1) is 11.3. The first kappa shape index (κ1) is 18.0. The number of halogens is 4. The Morgan fingerprint density at radius 2 is 1.92 bits per heavy atom. The summed E-state index contributed by atoms with van der Waals surface area (Å²) in [6.45, 7) is 0. The number of carbonyl (C=O) groups excluding carboxylic acids is 1. The van der Waals surface area contributed by atoms with Crippen LogP contribution in [0.3, 0.4) is 0 Å². The van der Waals surface area contributed by atoms with E-state index >= 15 is 0 Å². The molecule has 0 aliphatic carbocycles. The third-order valence-electron chi connectivity index (χ3n) is 2.93. The summed E-state index contributed by atoms with van der Waals surface area (Å²) in [5.41, 5.74) is 4.10. The molecule has 0 spiro atoms. The number of nitrogens with two attached hydrogens (primary N) is 1. The lowest BCUT2D eigenvalue weighted by Crippen LogP contribution is -2.11. The van der Waals surface area contributed by atoms with Crippen molar-refractivity contribution >= 4 is 35.0 Å². The second-order valence-electron chi connectivity index (χ2n) is 4.33. The van der Waals surface area contributed by atoms with Gasteiger partial charge in [-0.25, -0.2) is 18.6 Å². The minimum absolute atomic E-state index is 0.0212. The number of benzene rings is 1. The second kappa shape index (κ2) is 7.06. The number of hydrogen-bond donors (Lipinski definition) is 1. The maximum Gasteiger partial charge on any atom is 0.514 e. The van der Waals surface area contributed by atoms with Gasteiger partial charge < -0.3 is 19.9 Å². The van der Waals surface area contributed by atoms with Crippen molar-refractivity contribution in [2.24, 2.45) is 0 Å². The van der Waals surface area contributed by atoms with Gasteiger partial charge in [-0.1, -0.05) is 23.2 Å². The average Bonchev–Trinajstić information content (AvgIpc) is 2.56. The van der Waals surface area contributed by atoms with E-state index in [1.165, 1.54) is 7.11 Å². The van der Waals surface area contributed by atoms with Crippen molar-refractivity contribution in [3.63, 3.8) is 0 Å². The zero-order valence-corrected chi connectivity index (χ0v) is 13.8. The number of hydrogen-bond acceptors (Lipinski definition) is 6. The van der Waals surface area contributed by atoms with Crippen LogP contribution in [0.5, 0.6) is 11.6 Å². The van der Waals surface area contributed by atoms with Gasteiger partial charge >= 0.3 is 6.16 Å². The SMILES string of the molecule is COC(=O)Oc1nc(-c2cc(OC)c(Cl)cc2F)c(F)c(N)c1Cl. The predicted octanol–water partition coefficient (Wildman–Crippen LogP) is 4.07. The molecule has 1 aromatic heterocycles. The molecule has 24 heavy (non-hydrogen) atoms. The molecular weight excluding hydrogens is 369 g/mol. The fraction of sp³-hybridized carbons (Fsp3) is 0.143. The monoisotopic (exact) mass is 378 g/mol. The molecule has 0 radical (unpaired) electrons. The molecule has 1 aromatic carbocycles. The highest BCUT2D eigenvalue weighted by Gasteiger charge is 2.24. The number of aromatic nitrogens is 1. The molecule has 0 unspecified atom stereocenters. The number of ether oxygens (including phenoxy) is 3. The zero-order valence-electron chi connectivity index (χ0n) is 12.3. The highest BCUT2D eigenvalue weighted by molar-refractivity contribution is 6.34. The van der Waals surface area contributed by atoms with E-state index in [4.69, 9.17) is 33.7 Å². The molecule has 2 N–H and O–H groups in total. The summed E-state index contributed by atoms with van der Waals surface area (Å²) in [4.78, 5) is 14.9. The number of anilines is 1. The van der Waals surface area contributed by atoms with E-state index in [0.29, 0.717) is 0 Å². The van der Waals surface area contributed by atoms with Crippen molar-refractivity contribution in [3.05, 3.63) is 33.8 Å². The molecule has 128 valence electrons. The van der Waals surface area contributed by atoms with Crippen LogP contribution < -0.4 is 15.2 Å². The van der Waals surface area contributed by atoms with Crippen molar-refractivity contribution in [1.29, 1.82) is 0 Å². The van der Waals surface area contributed by atoms with Crippen LogP contribution in [0.15, 0.2) is 12.1 Å². The molecule has 0 amide bonds. The summed E-state index contributed by atoms with van der Waals surface area (Å²) in [7, 11) is 2.35. The molecular formula is C14H10Cl2F2N2O4. The largest absolute Gasteiger partial charge is 0.514 e. The van der Waals surface area contributed by atoms with Crippen LogP contribution >= 0.6 is 23.2 Å². The van der Waals surface area contributed by atoms with Gasteiger partial charge in [-0.05, 0) is 12.1 Å². The predicted molar refractivity (Wildman–Crippen MR) is 83.6 cm³/mol. The van der Waals surface area contributed by atoms with Crippen LogP contribution in [0.4, 0.5) is 19.3 Å². The molecule has 0 aliphatic heterocycles. The Labute approximate surface area is 145 Å². The molecule has 0 saturated heterocycles. The van der Waals surface area contributed by atoms with E-state index in [1.54, 1.807) is 0 Å². The van der Waals surface area contributed by atoms with Gasteiger partial charge in [0.2, 0.25) is 5.88 Å². The van der Waals surface area contributed by atoms with Crippen molar-refractivity contribution in [3.8, 4) is 22.9 Å². The molecule has 6 nitrogen and oxygen atoms in total. The first-order valence-electron chi connectivity index (χ1n) is 6.23. The smallest absolute Gasteiger partial charge is 0.495 e. The van der Waals surface area contributed by atoms with E-state index in [1.807, 2.05) is 0 Å². The second-order valence-corrected chi connectivity index (χ2v) is 5.12. The topological polar surface area (TPSA) is 83.7 Å². The summed E-state index contributed by atoms with van der Waals surface area (Å²) in [6.07, 6.45) is -1.16. The average molecular weight is 379 g/mol. The Kier molecular flexibility index (Phi) is 5.30. The van der Waals surface area contributed by atoms with Crippen LogP contribution in [0, 0.1) is 11.6 Å². The van der Waals surface area contributed by atoms with Crippen LogP contribution in [0.1, 0.15) is 0 Å². The summed E-state index contributed by atoms with van der Waals surface area (Å²) in [5, 5.41) is -0.477. The van der Waals surface area contributed by atoms with Gasteiger partial charge in [0.25, 0.3) is 0 Å². The number of pyridine rings is 1. The number of nitrogens with zero attached hydrogens (tertiary/aromatic N) is 1. The normalized spacial score (nSPS) is 10.4. The van der Waals surface area contributed by atoms with Crippen LogP contribution in [-0.2, 0) is 4.74 Å². The number of nitrogen functional groups attached to an aromatic ring is 1. The minimum Gasteiger partial charge on any atom is -0.495 e. The zero-order chi connectivity index (χ0) is 18.0. The summed E-state index contributed by atoms with van der Waals surface area (Å²) < 4.78 is 42.5. The van der Waals surface area contributed by atoms with E-state index < -0.39 is 40.1 Å². The maximum atomic E-state index is 14.4. The number of carbonyl (C=O) groups is 1. The van der Waals surface area contributed by atoms with Gasteiger partial charge in [-0.2, -0.15) is 0 Å². The molecule has 2 aromatic rings. The van der Waals surface area contributed by atoms with Crippen LogP contribution in [0.2, 0.25) is 10.0 Å². The molecule has 0 saturated carbocycles. The summed E-state index contributed by atoms with van der Waals surface area (Å²) in [5.74, 6) is -2.44. The van der Waals surface area contributed by atoms with E-state index in [9.17, 15) is 13.6 Å². The van der Waals surface area contributed by atoms with Crippen molar-refractivity contribution in [1.82, 2.24) is 4.98 Å². The van der Waals surface area contributed by atoms with E-state index in [2.05, 4.69) is 14.5 Å². The Balaban J connectivity index is 2.68. The first-order valence-corrected chi connectivity index (χ1v) is 6.99. The van der Waals surface area contributed by atoms with E-state index in [-0.39, 0.29) is 16.3 Å². The highest BCUT2D eigenvalue weighted by atomic mass is 35.5. The molecule has 2 rings (SSSR count). The van der Waals surface area contributed by atoms with Crippen LogP contribution in [-0.4, -0.2) is 25.4 Å². The molecule has 0 aliphatic rings. The highest BCUT2D eigenvalue weighted by Crippen LogP contribution is 2.39. The molecule has 10 heteroatoms. The van der Waals surface area contributed by atoms with Crippen molar-refractivity contribution in [2.75, 3.05) is 20.0 Å². The Morgan fingerprint density at radius 3 is 2.50 bits per heavy atom.